The fourth-order valence-corrected chi connectivity index (χ4v) is 1.10. The molecule has 0 aromatic heterocycles. The third-order valence-corrected chi connectivity index (χ3v) is 1.91. The van der Waals surface area contributed by atoms with Gasteiger partial charge in [0.2, 0.25) is 0 Å². The highest BCUT2D eigenvalue weighted by atomic mass is 19.4. The zero-order valence-electron chi connectivity index (χ0n) is 9.21. The summed E-state index contributed by atoms with van der Waals surface area (Å²) in [6.07, 6.45) is -4.60. The second-order valence-corrected chi connectivity index (χ2v) is 3.42. The summed E-state index contributed by atoms with van der Waals surface area (Å²) in [5.74, 6) is -2.33. The Kier molecular flexibility index (Phi) is 4.30. The molecule has 0 aliphatic carbocycles. The summed E-state index contributed by atoms with van der Waals surface area (Å²) >= 11 is 0. The van der Waals surface area contributed by atoms with Gasteiger partial charge in [0, 0.05) is 0 Å². The van der Waals surface area contributed by atoms with E-state index in [9.17, 15) is 27.2 Å². The van der Waals surface area contributed by atoms with Crippen LogP contribution in [0.3, 0.4) is 0 Å². The largest absolute Gasteiger partial charge is 0.478 e. The van der Waals surface area contributed by atoms with Gasteiger partial charge in [-0.1, -0.05) is 0 Å². The molecule has 0 unspecified atom stereocenters. The smallest absolute Gasteiger partial charge is 0.405 e. The van der Waals surface area contributed by atoms with Crippen molar-refractivity contribution in [3.05, 3.63) is 29.6 Å². The van der Waals surface area contributed by atoms with Crippen molar-refractivity contribution >= 4 is 17.7 Å². The van der Waals surface area contributed by atoms with E-state index in [4.69, 9.17) is 5.11 Å². The summed E-state index contributed by atoms with van der Waals surface area (Å²) in [6, 6.07) is 1.24. The van der Waals surface area contributed by atoms with Crippen LogP contribution in [-0.4, -0.2) is 29.8 Å². The number of carbonyl (C=O) groups excluding carboxylic acids is 1. The number of benzene rings is 1. The van der Waals surface area contributed by atoms with E-state index in [1.54, 1.807) is 5.32 Å². The van der Waals surface area contributed by atoms with Crippen molar-refractivity contribution < 1.29 is 32.3 Å². The van der Waals surface area contributed by atoms with Crippen LogP contribution in [0.25, 0.3) is 0 Å². The molecular formula is C10H8F4N2O3. The molecule has 0 saturated heterocycles. The number of urea groups is 1. The van der Waals surface area contributed by atoms with Crippen LogP contribution in [0.2, 0.25) is 0 Å². The SMILES string of the molecule is O=C(NCC(F)(F)F)Nc1cc(C(=O)O)ccc1F. The van der Waals surface area contributed by atoms with Gasteiger partial charge in [-0.25, -0.2) is 14.0 Å². The van der Waals surface area contributed by atoms with Gasteiger partial charge in [-0.15, -0.1) is 0 Å². The lowest BCUT2D eigenvalue weighted by atomic mass is 10.2. The lowest BCUT2D eigenvalue weighted by Crippen LogP contribution is -2.36. The van der Waals surface area contributed by atoms with E-state index >= 15 is 0 Å². The van der Waals surface area contributed by atoms with E-state index in [1.165, 1.54) is 5.32 Å². The molecule has 104 valence electrons. The number of aromatic carboxylic acids is 1. The Morgan fingerprint density at radius 3 is 2.42 bits per heavy atom. The zero-order valence-corrected chi connectivity index (χ0v) is 9.21. The van der Waals surface area contributed by atoms with Crippen LogP contribution in [0.4, 0.5) is 28.0 Å². The minimum absolute atomic E-state index is 0.312. The third-order valence-electron chi connectivity index (χ3n) is 1.91. The number of alkyl halides is 3. The zero-order chi connectivity index (χ0) is 14.6. The molecule has 0 aliphatic rings. The maximum atomic E-state index is 13.2. The number of amides is 2. The number of carboxylic acid groups (broad SMARTS) is 1. The molecule has 2 amide bonds. The van der Waals surface area contributed by atoms with E-state index in [0.717, 1.165) is 18.2 Å². The number of hydrogen-bond donors (Lipinski definition) is 3. The molecule has 0 spiro atoms. The molecular weight excluding hydrogens is 272 g/mol. The molecule has 0 saturated carbocycles. The summed E-state index contributed by atoms with van der Waals surface area (Å²) in [7, 11) is 0. The first-order valence-corrected chi connectivity index (χ1v) is 4.83. The van der Waals surface area contributed by atoms with Gasteiger partial charge in [0.1, 0.15) is 12.4 Å². The number of carbonyl (C=O) groups is 2. The molecule has 0 aliphatic heterocycles. The Morgan fingerprint density at radius 1 is 1.26 bits per heavy atom. The highest BCUT2D eigenvalue weighted by Gasteiger charge is 2.27. The molecule has 0 heterocycles. The molecule has 0 fully saturated rings. The molecule has 0 atom stereocenters. The fraction of sp³-hybridized carbons (Fsp3) is 0.200. The van der Waals surface area contributed by atoms with Crippen molar-refractivity contribution in [2.24, 2.45) is 0 Å². The number of carboxylic acids is 1. The van der Waals surface area contributed by atoms with Gasteiger partial charge in [-0.05, 0) is 18.2 Å². The Morgan fingerprint density at radius 2 is 1.89 bits per heavy atom. The standard InChI is InChI=1S/C10H8F4N2O3/c11-6-2-1-5(8(17)18)3-7(6)16-9(19)15-4-10(12,13)14/h1-3H,4H2,(H,17,18)(H2,15,16,19). The number of halogens is 4. The molecule has 0 bridgehead atoms. The predicted molar refractivity (Wildman–Crippen MR) is 56.4 cm³/mol. The van der Waals surface area contributed by atoms with Gasteiger partial charge in [-0.3, -0.25) is 0 Å². The quantitative estimate of drug-likeness (QED) is 0.743. The summed E-state index contributed by atoms with van der Waals surface area (Å²) in [5.41, 5.74) is -0.841. The lowest BCUT2D eigenvalue weighted by molar-refractivity contribution is -0.122. The third kappa shape index (κ3) is 4.82. The van der Waals surface area contributed by atoms with Gasteiger partial charge in [0.05, 0.1) is 11.3 Å². The average molecular weight is 280 g/mol. The molecule has 19 heavy (non-hydrogen) atoms. The number of anilines is 1. The summed E-state index contributed by atoms with van der Waals surface area (Å²) in [5, 5.41) is 11.9. The van der Waals surface area contributed by atoms with Gasteiger partial charge < -0.3 is 15.7 Å². The Hall–Kier alpha value is -2.32. The van der Waals surface area contributed by atoms with Crippen LogP contribution in [-0.2, 0) is 0 Å². The minimum Gasteiger partial charge on any atom is -0.478 e. The first-order chi connectivity index (χ1) is 8.69. The van der Waals surface area contributed by atoms with E-state index < -0.39 is 36.2 Å². The van der Waals surface area contributed by atoms with Crippen molar-refractivity contribution in [3.63, 3.8) is 0 Å². The molecule has 5 nitrogen and oxygen atoms in total. The first-order valence-electron chi connectivity index (χ1n) is 4.83. The Balaban J connectivity index is 2.73. The van der Waals surface area contributed by atoms with Gasteiger partial charge in [-0.2, -0.15) is 13.2 Å². The summed E-state index contributed by atoms with van der Waals surface area (Å²) in [4.78, 5) is 21.7. The summed E-state index contributed by atoms with van der Waals surface area (Å²) < 4.78 is 48.6. The van der Waals surface area contributed by atoms with Crippen molar-refractivity contribution in [1.29, 1.82) is 0 Å². The van der Waals surface area contributed by atoms with Crippen LogP contribution >= 0.6 is 0 Å². The highest BCUT2D eigenvalue weighted by molar-refractivity contribution is 5.93. The van der Waals surface area contributed by atoms with Crippen molar-refractivity contribution in [2.45, 2.75) is 6.18 Å². The van der Waals surface area contributed by atoms with Crippen LogP contribution in [0.1, 0.15) is 10.4 Å². The second kappa shape index (κ2) is 5.55. The maximum absolute atomic E-state index is 13.2. The van der Waals surface area contributed by atoms with Crippen molar-refractivity contribution in [3.8, 4) is 0 Å². The number of rotatable bonds is 3. The first kappa shape index (κ1) is 14.7. The molecule has 1 aromatic carbocycles. The van der Waals surface area contributed by atoms with Crippen LogP contribution in [0.5, 0.6) is 0 Å². The second-order valence-electron chi connectivity index (χ2n) is 3.42. The monoisotopic (exact) mass is 280 g/mol. The van der Waals surface area contributed by atoms with E-state index in [1.807, 2.05) is 0 Å². The Labute approximate surface area is 104 Å². The van der Waals surface area contributed by atoms with Gasteiger partial charge in [0.15, 0.2) is 0 Å². The average Bonchev–Trinajstić information content (AvgIpc) is 2.28. The molecule has 1 aromatic rings. The fourth-order valence-electron chi connectivity index (χ4n) is 1.10. The van der Waals surface area contributed by atoms with Crippen LogP contribution < -0.4 is 10.6 Å². The van der Waals surface area contributed by atoms with E-state index in [2.05, 4.69) is 0 Å². The van der Waals surface area contributed by atoms with Gasteiger partial charge in [0.25, 0.3) is 0 Å². The van der Waals surface area contributed by atoms with E-state index in [0.29, 0.717) is 0 Å². The number of hydrogen-bond acceptors (Lipinski definition) is 2. The minimum atomic E-state index is -4.60. The highest BCUT2D eigenvalue weighted by Crippen LogP contribution is 2.16. The van der Waals surface area contributed by atoms with Crippen LogP contribution in [0, 0.1) is 5.82 Å². The molecule has 0 radical (unpaired) electrons. The predicted octanol–water partition coefficient (Wildman–Crippen LogP) is 2.21. The van der Waals surface area contributed by atoms with Crippen molar-refractivity contribution in [1.82, 2.24) is 5.32 Å². The molecule has 3 N–H and O–H groups in total. The Bertz CT molecular complexity index is 502. The maximum Gasteiger partial charge on any atom is 0.405 e. The lowest BCUT2D eigenvalue weighted by Gasteiger charge is -2.10. The van der Waals surface area contributed by atoms with Gasteiger partial charge >= 0.3 is 18.2 Å². The molecule has 9 heteroatoms. The van der Waals surface area contributed by atoms with Crippen LogP contribution in [0.15, 0.2) is 18.2 Å². The molecule has 1 rings (SSSR count). The number of nitrogens with one attached hydrogen (secondary N) is 2. The summed E-state index contributed by atoms with van der Waals surface area (Å²) in [6.45, 7) is -1.58. The topological polar surface area (TPSA) is 78.4 Å². The van der Waals surface area contributed by atoms with Crippen molar-refractivity contribution in [2.75, 3.05) is 11.9 Å². The normalized spacial score (nSPS) is 10.9. The van der Waals surface area contributed by atoms with E-state index in [-0.39, 0.29) is 5.56 Å².